The molecule has 0 radical (unpaired) electrons. The second-order valence-electron chi connectivity index (χ2n) is 7.22. The molecule has 2 saturated heterocycles. The molecule has 0 amide bonds. The van der Waals surface area contributed by atoms with E-state index in [0.29, 0.717) is 0 Å². The summed E-state index contributed by atoms with van der Waals surface area (Å²) in [6, 6.07) is 2.53. The van der Waals surface area contributed by atoms with Crippen molar-refractivity contribution in [2.45, 2.75) is 76.9 Å². The van der Waals surface area contributed by atoms with Crippen molar-refractivity contribution in [3.63, 3.8) is 0 Å². The molecule has 2 heteroatoms. The standard InChI is InChI=1S/C16H30N2/c1-12-5-6-16(13(2)10-12)17-14-7-9-18-8-3-4-15(18)11-14/h12-17H,3-11H2,1-2H3. The highest BCUT2D eigenvalue weighted by Gasteiger charge is 2.34. The van der Waals surface area contributed by atoms with Crippen molar-refractivity contribution in [2.24, 2.45) is 11.8 Å². The van der Waals surface area contributed by atoms with Crippen molar-refractivity contribution in [1.82, 2.24) is 10.2 Å². The van der Waals surface area contributed by atoms with Gasteiger partial charge in [0.25, 0.3) is 0 Å². The average molecular weight is 250 g/mol. The summed E-state index contributed by atoms with van der Waals surface area (Å²) in [4.78, 5) is 2.73. The number of piperidine rings is 1. The predicted molar refractivity (Wildman–Crippen MR) is 76.7 cm³/mol. The third-order valence-corrected chi connectivity index (χ3v) is 5.70. The Morgan fingerprint density at radius 1 is 0.944 bits per heavy atom. The second-order valence-corrected chi connectivity index (χ2v) is 7.22. The summed E-state index contributed by atoms with van der Waals surface area (Å²) in [7, 11) is 0. The summed E-state index contributed by atoms with van der Waals surface area (Å²) in [5.74, 6) is 1.84. The molecule has 1 N–H and O–H groups in total. The zero-order valence-electron chi connectivity index (χ0n) is 12.2. The molecule has 2 nitrogen and oxygen atoms in total. The lowest BCUT2D eigenvalue weighted by atomic mass is 9.79. The third kappa shape index (κ3) is 2.75. The average Bonchev–Trinajstić information content (AvgIpc) is 2.80. The Morgan fingerprint density at radius 3 is 2.67 bits per heavy atom. The van der Waals surface area contributed by atoms with Gasteiger partial charge in [-0.25, -0.2) is 0 Å². The molecule has 1 aliphatic carbocycles. The molecule has 0 bridgehead atoms. The van der Waals surface area contributed by atoms with Gasteiger partial charge in [0.05, 0.1) is 0 Å². The van der Waals surface area contributed by atoms with Gasteiger partial charge in [-0.2, -0.15) is 0 Å². The normalized spacial score (nSPS) is 46.0. The van der Waals surface area contributed by atoms with Crippen molar-refractivity contribution in [3.05, 3.63) is 0 Å². The lowest BCUT2D eigenvalue weighted by molar-refractivity contribution is 0.139. The first-order chi connectivity index (χ1) is 8.72. The monoisotopic (exact) mass is 250 g/mol. The largest absolute Gasteiger partial charge is 0.311 e. The minimum absolute atomic E-state index is 0.805. The molecule has 2 aliphatic heterocycles. The van der Waals surface area contributed by atoms with Crippen molar-refractivity contribution >= 4 is 0 Å². The molecule has 0 aromatic carbocycles. The minimum atomic E-state index is 0.805. The molecular formula is C16H30N2. The van der Waals surface area contributed by atoms with Crippen LogP contribution >= 0.6 is 0 Å². The van der Waals surface area contributed by atoms with Crippen molar-refractivity contribution in [3.8, 4) is 0 Å². The molecule has 5 unspecified atom stereocenters. The fourth-order valence-electron chi connectivity index (χ4n) is 4.59. The van der Waals surface area contributed by atoms with E-state index in [2.05, 4.69) is 24.1 Å². The molecule has 3 aliphatic rings. The van der Waals surface area contributed by atoms with E-state index < -0.39 is 0 Å². The Morgan fingerprint density at radius 2 is 1.83 bits per heavy atom. The van der Waals surface area contributed by atoms with E-state index in [1.807, 2.05) is 0 Å². The summed E-state index contributed by atoms with van der Waals surface area (Å²) in [6.45, 7) is 7.59. The molecule has 5 atom stereocenters. The summed E-state index contributed by atoms with van der Waals surface area (Å²) >= 11 is 0. The quantitative estimate of drug-likeness (QED) is 0.810. The number of nitrogens with zero attached hydrogens (tertiary/aromatic N) is 1. The SMILES string of the molecule is CC1CCC(NC2CCN3CCCC3C2)C(C)C1. The van der Waals surface area contributed by atoms with E-state index in [9.17, 15) is 0 Å². The smallest absolute Gasteiger partial charge is 0.0111 e. The third-order valence-electron chi connectivity index (χ3n) is 5.70. The van der Waals surface area contributed by atoms with E-state index in [1.54, 1.807) is 0 Å². The Labute approximate surface area is 113 Å². The summed E-state index contributed by atoms with van der Waals surface area (Å²) in [6.07, 6.45) is 9.97. The number of nitrogens with one attached hydrogen (secondary N) is 1. The fraction of sp³-hybridized carbons (Fsp3) is 1.00. The summed E-state index contributed by atoms with van der Waals surface area (Å²) < 4.78 is 0. The number of fused-ring (bicyclic) bond motifs is 1. The number of rotatable bonds is 2. The minimum Gasteiger partial charge on any atom is -0.311 e. The van der Waals surface area contributed by atoms with Gasteiger partial charge in [-0.05, 0) is 69.9 Å². The van der Waals surface area contributed by atoms with Gasteiger partial charge < -0.3 is 10.2 Å². The molecule has 2 heterocycles. The maximum Gasteiger partial charge on any atom is 0.0111 e. The molecule has 0 aromatic heterocycles. The maximum absolute atomic E-state index is 4.01. The van der Waals surface area contributed by atoms with Crippen LogP contribution < -0.4 is 5.32 Å². The van der Waals surface area contributed by atoms with E-state index in [0.717, 1.165) is 30.0 Å². The second kappa shape index (κ2) is 5.50. The van der Waals surface area contributed by atoms with E-state index in [1.165, 1.54) is 58.0 Å². The van der Waals surface area contributed by atoms with Gasteiger partial charge in [-0.3, -0.25) is 0 Å². The first kappa shape index (κ1) is 12.9. The van der Waals surface area contributed by atoms with Crippen LogP contribution in [-0.4, -0.2) is 36.1 Å². The Hall–Kier alpha value is -0.0800. The zero-order chi connectivity index (χ0) is 12.5. The van der Waals surface area contributed by atoms with Crippen LogP contribution in [0.4, 0.5) is 0 Å². The highest BCUT2D eigenvalue weighted by molar-refractivity contribution is 4.92. The Bertz CT molecular complexity index is 278. The summed E-state index contributed by atoms with van der Waals surface area (Å²) in [5, 5.41) is 4.01. The molecule has 0 spiro atoms. The first-order valence-corrected chi connectivity index (χ1v) is 8.22. The lowest BCUT2D eigenvalue weighted by Crippen LogP contribution is -2.51. The van der Waals surface area contributed by atoms with Gasteiger partial charge in [0.1, 0.15) is 0 Å². The lowest BCUT2D eigenvalue weighted by Gasteiger charge is -2.40. The van der Waals surface area contributed by atoms with Crippen LogP contribution in [-0.2, 0) is 0 Å². The van der Waals surface area contributed by atoms with Gasteiger partial charge in [0.2, 0.25) is 0 Å². The van der Waals surface area contributed by atoms with Gasteiger partial charge >= 0.3 is 0 Å². The van der Waals surface area contributed by atoms with Crippen LogP contribution in [0.3, 0.4) is 0 Å². The first-order valence-electron chi connectivity index (χ1n) is 8.22. The molecule has 104 valence electrons. The fourth-order valence-corrected chi connectivity index (χ4v) is 4.59. The molecular weight excluding hydrogens is 220 g/mol. The van der Waals surface area contributed by atoms with Gasteiger partial charge in [-0.15, -0.1) is 0 Å². The highest BCUT2D eigenvalue weighted by Crippen LogP contribution is 2.31. The van der Waals surface area contributed by atoms with Crippen LogP contribution in [0.2, 0.25) is 0 Å². The van der Waals surface area contributed by atoms with Gasteiger partial charge in [0.15, 0.2) is 0 Å². The topological polar surface area (TPSA) is 15.3 Å². The predicted octanol–water partition coefficient (Wildman–Crippen LogP) is 3.03. The van der Waals surface area contributed by atoms with Crippen LogP contribution in [0.5, 0.6) is 0 Å². The Kier molecular flexibility index (Phi) is 3.95. The molecule has 3 fully saturated rings. The van der Waals surface area contributed by atoms with Crippen LogP contribution in [0.15, 0.2) is 0 Å². The van der Waals surface area contributed by atoms with Gasteiger partial charge in [-0.1, -0.05) is 13.8 Å². The van der Waals surface area contributed by atoms with E-state index >= 15 is 0 Å². The van der Waals surface area contributed by atoms with Crippen LogP contribution in [0, 0.1) is 11.8 Å². The molecule has 1 saturated carbocycles. The van der Waals surface area contributed by atoms with Gasteiger partial charge in [0, 0.05) is 18.1 Å². The van der Waals surface area contributed by atoms with Crippen LogP contribution in [0.25, 0.3) is 0 Å². The van der Waals surface area contributed by atoms with Crippen molar-refractivity contribution in [2.75, 3.05) is 13.1 Å². The van der Waals surface area contributed by atoms with Crippen LogP contribution in [0.1, 0.15) is 58.8 Å². The molecule has 18 heavy (non-hydrogen) atoms. The molecule has 0 aromatic rings. The number of hydrogen-bond acceptors (Lipinski definition) is 2. The van der Waals surface area contributed by atoms with E-state index in [4.69, 9.17) is 0 Å². The molecule has 3 rings (SSSR count). The number of hydrogen-bond donors (Lipinski definition) is 1. The highest BCUT2D eigenvalue weighted by atomic mass is 15.2. The zero-order valence-corrected chi connectivity index (χ0v) is 12.2. The maximum atomic E-state index is 4.01. The van der Waals surface area contributed by atoms with Crippen molar-refractivity contribution in [1.29, 1.82) is 0 Å². The Balaban J connectivity index is 1.50. The van der Waals surface area contributed by atoms with Crippen molar-refractivity contribution < 1.29 is 0 Å². The summed E-state index contributed by atoms with van der Waals surface area (Å²) in [5.41, 5.74) is 0. The van der Waals surface area contributed by atoms with E-state index in [-0.39, 0.29) is 0 Å².